The van der Waals surface area contributed by atoms with Gasteiger partial charge in [-0.25, -0.2) is 0 Å². The van der Waals surface area contributed by atoms with E-state index in [1.165, 1.54) is 11.3 Å². The van der Waals surface area contributed by atoms with E-state index in [9.17, 15) is 4.79 Å². The first-order chi connectivity index (χ1) is 12.2. The predicted octanol–water partition coefficient (Wildman–Crippen LogP) is 2.31. The molecule has 6 nitrogen and oxygen atoms in total. The number of ether oxygens (including phenoxy) is 3. The fourth-order valence-corrected chi connectivity index (χ4v) is 3.66. The molecule has 7 heteroatoms. The maximum absolute atomic E-state index is 11.7. The van der Waals surface area contributed by atoms with E-state index in [-0.39, 0.29) is 0 Å². The number of methoxy groups -OCH3 is 1. The highest BCUT2D eigenvalue weighted by Gasteiger charge is 2.20. The van der Waals surface area contributed by atoms with Crippen molar-refractivity contribution in [3.8, 4) is 11.5 Å². The molecule has 0 unspecified atom stereocenters. The molecule has 0 bridgehead atoms. The SMILES string of the molecule is COc1ccc(CCOc2cc(N3CCOCC3)sc2C(N)=O)cc1. The van der Waals surface area contributed by atoms with Gasteiger partial charge in [0.25, 0.3) is 5.91 Å². The Balaban J connectivity index is 1.63. The van der Waals surface area contributed by atoms with E-state index in [4.69, 9.17) is 19.9 Å². The Kier molecular flexibility index (Phi) is 5.78. The summed E-state index contributed by atoms with van der Waals surface area (Å²) in [5.74, 6) is 0.935. The normalized spacial score (nSPS) is 14.4. The third-order valence-electron chi connectivity index (χ3n) is 4.04. The summed E-state index contributed by atoms with van der Waals surface area (Å²) in [5.41, 5.74) is 6.65. The van der Waals surface area contributed by atoms with Crippen LogP contribution in [0.1, 0.15) is 15.2 Å². The Bertz CT molecular complexity index is 708. The van der Waals surface area contributed by atoms with Gasteiger partial charge < -0.3 is 24.8 Å². The van der Waals surface area contributed by atoms with Gasteiger partial charge in [0.05, 0.1) is 31.9 Å². The maximum atomic E-state index is 11.7. The fourth-order valence-electron chi connectivity index (χ4n) is 2.65. The van der Waals surface area contributed by atoms with Crippen LogP contribution in [-0.2, 0) is 11.2 Å². The van der Waals surface area contributed by atoms with Gasteiger partial charge in [-0.3, -0.25) is 4.79 Å². The van der Waals surface area contributed by atoms with Gasteiger partial charge in [-0.2, -0.15) is 0 Å². The van der Waals surface area contributed by atoms with Gasteiger partial charge in [-0.1, -0.05) is 12.1 Å². The summed E-state index contributed by atoms with van der Waals surface area (Å²) < 4.78 is 16.4. The molecule has 0 atom stereocenters. The van der Waals surface area contributed by atoms with E-state index in [2.05, 4.69) is 4.90 Å². The summed E-state index contributed by atoms with van der Waals surface area (Å²) in [7, 11) is 1.64. The molecule has 2 heterocycles. The molecular formula is C18H22N2O4S. The molecule has 1 fully saturated rings. The lowest BCUT2D eigenvalue weighted by atomic mass is 10.1. The second-order valence-electron chi connectivity index (χ2n) is 5.69. The first-order valence-electron chi connectivity index (χ1n) is 8.19. The van der Waals surface area contributed by atoms with Crippen LogP contribution < -0.4 is 20.1 Å². The van der Waals surface area contributed by atoms with E-state index in [0.717, 1.165) is 35.8 Å². The molecule has 0 aliphatic carbocycles. The van der Waals surface area contributed by atoms with Gasteiger partial charge in [0.1, 0.15) is 16.4 Å². The molecule has 0 spiro atoms. The zero-order valence-corrected chi connectivity index (χ0v) is 15.0. The molecule has 1 aliphatic heterocycles. The van der Waals surface area contributed by atoms with Crippen molar-refractivity contribution >= 4 is 22.2 Å². The quantitative estimate of drug-likeness (QED) is 0.818. The molecule has 1 saturated heterocycles. The Labute approximate surface area is 151 Å². The Hall–Kier alpha value is -2.25. The number of primary amides is 1. The van der Waals surface area contributed by atoms with Gasteiger partial charge in [0.2, 0.25) is 0 Å². The van der Waals surface area contributed by atoms with E-state index < -0.39 is 5.91 Å². The molecule has 1 aromatic heterocycles. The van der Waals surface area contributed by atoms with Crippen molar-refractivity contribution in [1.82, 2.24) is 0 Å². The Morgan fingerprint density at radius 1 is 1.28 bits per heavy atom. The van der Waals surface area contributed by atoms with Crippen LogP contribution in [0.5, 0.6) is 11.5 Å². The first-order valence-corrected chi connectivity index (χ1v) is 9.01. The number of amides is 1. The lowest BCUT2D eigenvalue weighted by molar-refractivity contribution is 0.100. The highest BCUT2D eigenvalue weighted by atomic mass is 32.1. The van der Waals surface area contributed by atoms with Crippen molar-refractivity contribution in [3.05, 3.63) is 40.8 Å². The van der Waals surface area contributed by atoms with Gasteiger partial charge >= 0.3 is 0 Å². The largest absolute Gasteiger partial charge is 0.497 e. The van der Waals surface area contributed by atoms with Crippen molar-refractivity contribution in [2.75, 3.05) is 44.9 Å². The zero-order chi connectivity index (χ0) is 17.6. The summed E-state index contributed by atoms with van der Waals surface area (Å²) in [6.45, 7) is 3.48. The highest BCUT2D eigenvalue weighted by Crippen LogP contribution is 2.36. The minimum Gasteiger partial charge on any atom is -0.497 e. The van der Waals surface area contributed by atoms with Crippen LogP contribution >= 0.6 is 11.3 Å². The molecule has 1 aliphatic rings. The van der Waals surface area contributed by atoms with Crippen LogP contribution in [0.25, 0.3) is 0 Å². The van der Waals surface area contributed by atoms with Crippen LogP contribution in [0.4, 0.5) is 5.00 Å². The smallest absolute Gasteiger partial charge is 0.262 e. The number of carbonyl (C=O) groups excluding carboxylic acids is 1. The predicted molar refractivity (Wildman–Crippen MR) is 98.1 cm³/mol. The summed E-state index contributed by atoms with van der Waals surface area (Å²) in [6.07, 6.45) is 0.741. The van der Waals surface area contributed by atoms with Crippen LogP contribution in [0, 0.1) is 0 Å². The molecule has 3 rings (SSSR count). The molecule has 0 saturated carbocycles. The number of nitrogens with two attached hydrogens (primary N) is 1. The molecule has 134 valence electrons. The third-order valence-corrected chi connectivity index (χ3v) is 5.23. The molecular weight excluding hydrogens is 340 g/mol. The number of carbonyl (C=O) groups is 1. The Morgan fingerprint density at radius 2 is 2.00 bits per heavy atom. The van der Waals surface area contributed by atoms with Gasteiger partial charge in [0, 0.05) is 25.6 Å². The lowest BCUT2D eigenvalue weighted by Crippen LogP contribution is -2.35. The first kappa shape index (κ1) is 17.6. The van der Waals surface area contributed by atoms with E-state index >= 15 is 0 Å². The monoisotopic (exact) mass is 362 g/mol. The maximum Gasteiger partial charge on any atom is 0.262 e. The standard InChI is InChI=1S/C18H22N2O4S/c1-22-14-4-2-13(3-5-14)6-9-24-15-12-16(25-17(15)18(19)21)20-7-10-23-11-8-20/h2-5,12H,6-11H2,1H3,(H2,19,21). The van der Waals surface area contributed by atoms with Crippen molar-refractivity contribution in [1.29, 1.82) is 0 Å². The topological polar surface area (TPSA) is 74.0 Å². The number of morpholine rings is 1. The average molecular weight is 362 g/mol. The van der Waals surface area contributed by atoms with E-state index in [1.807, 2.05) is 30.3 Å². The van der Waals surface area contributed by atoms with Gasteiger partial charge in [-0.05, 0) is 17.7 Å². The van der Waals surface area contributed by atoms with E-state index in [1.54, 1.807) is 7.11 Å². The number of thiophene rings is 1. The number of hydrogen-bond acceptors (Lipinski definition) is 6. The van der Waals surface area contributed by atoms with Crippen LogP contribution in [0.3, 0.4) is 0 Å². The van der Waals surface area contributed by atoms with Crippen molar-refractivity contribution < 1.29 is 19.0 Å². The Morgan fingerprint density at radius 3 is 2.64 bits per heavy atom. The molecule has 0 radical (unpaired) electrons. The molecule has 2 aromatic rings. The van der Waals surface area contributed by atoms with Crippen LogP contribution in [0.2, 0.25) is 0 Å². The molecule has 1 aromatic carbocycles. The van der Waals surface area contributed by atoms with Crippen molar-refractivity contribution in [3.63, 3.8) is 0 Å². The summed E-state index contributed by atoms with van der Waals surface area (Å²) in [6, 6.07) is 9.76. The number of anilines is 1. The second-order valence-corrected chi connectivity index (χ2v) is 6.72. The van der Waals surface area contributed by atoms with Crippen molar-refractivity contribution in [2.45, 2.75) is 6.42 Å². The summed E-state index contributed by atoms with van der Waals surface area (Å²) >= 11 is 1.38. The van der Waals surface area contributed by atoms with Crippen LogP contribution in [0.15, 0.2) is 30.3 Å². The highest BCUT2D eigenvalue weighted by molar-refractivity contribution is 7.18. The summed E-state index contributed by atoms with van der Waals surface area (Å²) in [5, 5.41) is 0.997. The van der Waals surface area contributed by atoms with Crippen LogP contribution in [-0.4, -0.2) is 45.9 Å². The summed E-state index contributed by atoms with van der Waals surface area (Å²) in [4.78, 5) is 14.4. The average Bonchev–Trinajstić information content (AvgIpc) is 3.08. The fraction of sp³-hybridized carbons (Fsp3) is 0.389. The van der Waals surface area contributed by atoms with Gasteiger partial charge in [0.15, 0.2) is 0 Å². The zero-order valence-electron chi connectivity index (χ0n) is 14.2. The molecule has 2 N–H and O–H groups in total. The number of nitrogens with zero attached hydrogens (tertiary/aromatic N) is 1. The minimum atomic E-state index is -0.455. The second kappa shape index (κ2) is 8.22. The lowest BCUT2D eigenvalue weighted by Gasteiger charge is -2.27. The molecule has 1 amide bonds. The number of hydrogen-bond donors (Lipinski definition) is 1. The number of benzene rings is 1. The number of rotatable bonds is 7. The third kappa shape index (κ3) is 4.43. The van der Waals surface area contributed by atoms with Crippen molar-refractivity contribution in [2.24, 2.45) is 5.73 Å². The van der Waals surface area contributed by atoms with Gasteiger partial charge in [-0.15, -0.1) is 11.3 Å². The molecule has 25 heavy (non-hydrogen) atoms. The minimum absolute atomic E-state index is 0.455. The van der Waals surface area contributed by atoms with E-state index in [0.29, 0.717) is 30.4 Å².